The molecule has 2 rings (SSSR count). The van der Waals surface area contributed by atoms with E-state index in [0.717, 1.165) is 3.83 Å². The molecule has 2 aromatic rings. The van der Waals surface area contributed by atoms with E-state index in [2.05, 4.69) is 37.5 Å². The van der Waals surface area contributed by atoms with Gasteiger partial charge >= 0.3 is 0 Å². The van der Waals surface area contributed by atoms with E-state index < -0.39 is 0 Å². The largest absolute Gasteiger partial charge is 0.368 e. The summed E-state index contributed by atoms with van der Waals surface area (Å²) in [4.78, 5) is 12.0. The first kappa shape index (κ1) is 8.95. The number of imidazole rings is 1. The predicted octanol–water partition coefficient (Wildman–Crippen LogP) is 1.20. The Bertz CT molecular complexity index is 479. The molecule has 7 heteroatoms. The molecule has 0 unspecified atom stereocenters. The van der Waals surface area contributed by atoms with E-state index >= 15 is 0 Å². The van der Waals surface area contributed by atoms with Gasteiger partial charge in [-0.1, -0.05) is 11.6 Å². The number of fused-ring (bicyclic) bond motifs is 1. The van der Waals surface area contributed by atoms with E-state index in [-0.39, 0.29) is 5.95 Å². The van der Waals surface area contributed by atoms with Gasteiger partial charge < -0.3 is 10.3 Å². The second-order valence-electron chi connectivity index (χ2n) is 2.48. The smallest absolute Gasteiger partial charge is 0.223 e. The van der Waals surface area contributed by atoms with Gasteiger partial charge in [0.25, 0.3) is 0 Å². The van der Waals surface area contributed by atoms with Gasteiger partial charge in [-0.25, -0.2) is 4.98 Å². The van der Waals surface area contributed by atoms with Gasteiger partial charge in [0.15, 0.2) is 14.6 Å². The molecular formula is C6H5ClIN5. The van der Waals surface area contributed by atoms with Gasteiger partial charge in [-0.3, -0.25) is 0 Å². The second kappa shape index (κ2) is 2.95. The number of nitrogen functional groups attached to an aromatic ring is 1. The zero-order valence-electron chi connectivity index (χ0n) is 6.62. The van der Waals surface area contributed by atoms with Crippen LogP contribution in [-0.2, 0) is 7.05 Å². The summed E-state index contributed by atoms with van der Waals surface area (Å²) in [5.74, 6) is 0.164. The van der Waals surface area contributed by atoms with Crippen molar-refractivity contribution < 1.29 is 0 Å². The third-order valence-electron chi connectivity index (χ3n) is 1.64. The highest BCUT2D eigenvalue weighted by atomic mass is 127. The molecule has 0 aromatic carbocycles. The van der Waals surface area contributed by atoms with Gasteiger partial charge in [0.2, 0.25) is 5.95 Å². The van der Waals surface area contributed by atoms with E-state index in [0.29, 0.717) is 16.3 Å². The quantitative estimate of drug-likeness (QED) is 0.451. The lowest BCUT2D eigenvalue weighted by Gasteiger charge is -1.96. The first-order valence-electron chi connectivity index (χ1n) is 3.40. The third-order valence-corrected chi connectivity index (χ3v) is 2.87. The molecule has 0 bridgehead atoms. The van der Waals surface area contributed by atoms with Gasteiger partial charge in [-0.15, -0.1) is 0 Å². The maximum Gasteiger partial charge on any atom is 0.223 e. The molecule has 0 saturated heterocycles. The van der Waals surface area contributed by atoms with Gasteiger partial charge in [0.05, 0.1) is 0 Å². The minimum Gasteiger partial charge on any atom is -0.368 e. The first-order valence-corrected chi connectivity index (χ1v) is 4.86. The van der Waals surface area contributed by atoms with Gasteiger partial charge in [-0.05, 0) is 0 Å². The molecule has 0 aliphatic heterocycles. The molecule has 0 saturated carbocycles. The lowest BCUT2D eigenvalue weighted by atomic mass is 10.5. The monoisotopic (exact) mass is 309 g/mol. The fourth-order valence-electron chi connectivity index (χ4n) is 1.02. The van der Waals surface area contributed by atoms with Crippen LogP contribution in [0.3, 0.4) is 0 Å². The van der Waals surface area contributed by atoms with Crippen molar-refractivity contribution in [2.24, 2.45) is 7.05 Å². The Hall–Kier alpha value is -0.630. The standard InChI is InChI=1S/C6H5ClIN5/c1-13-4-2(10-5(13)8)3(7)11-6(9)12-4/h1H3,(H2,9,11,12). The summed E-state index contributed by atoms with van der Waals surface area (Å²) < 4.78 is 2.61. The molecule has 0 amide bonds. The van der Waals surface area contributed by atoms with Crippen molar-refractivity contribution in [2.75, 3.05) is 5.73 Å². The fraction of sp³-hybridized carbons (Fsp3) is 0.167. The molecule has 2 heterocycles. The molecule has 0 fully saturated rings. The number of anilines is 1. The Labute approximate surface area is 92.5 Å². The van der Waals surface area contributed by atoms with Crippen LogP contribution in [0, 0.1) is 3.83 Å². The minimum absolute atomic E-state index is 0.164. The van der Waals surface area contributed by atoms with Crippen LogP contribution >= 0.6 is 34.2 Å². The van der Waals surface area contributed by atoms with E-state index in [1.54, 1.807) is 4.57 Å². The summed E-state index contributed by atoms with van der Waals surface area (Å²) in [6.45, 7) is 0. The highest BCUT2D eigenvalue weighted by Crippen LogP contribution is 2.21. The Morgan fingerprint density at radius 3 is 2.77 bits per heavy atom. The van der Waals surface area contributed by atoms with Crippen molar-refractivity contribution in [3.8, 4) is 0 Å². The number of nitrogens with two attached hydrogens (primary N) is 1. The Kier molecular flexibility index (Phi) is 2.03. The summed E-state index contributed by atoms with van der Waals surface area (Å²) in [6, 6.07) is 0. The number of aryl methyl sites for hydroxylation is 1. The number of rotatable bonds is 0. The molecule has 5 nitrogen and oxygen atoms in total. The van der Waals surface area contributed by atoms with Crippen molar-refractivity contribution in [3.05, 3.63) is 8.98 Å². The van der Waals surface area contributed by atoms with Crippen LogP contribution in [0.4, 0.5) is 5.95 Å². The molecule has 68 valence electrons. The molecule has 0 radical (unpaired) electrons. The molecule has 2 aromatic heterocycles. The van der Waals surface area contributed by atoms with E-state index in [1.807, 2.05) is 7.05 Å². The summed E-state index contributed by atoms with van der Waals surface area (Å²) in [5.41, 5.74) is 6.69. The average Bonchev–Trinajstić information content (AvgIpc) is 2.32. The van der Waals surface area contributed by atoms with Crippen LogP contribution in [0.1, 0.15) is 0 Å². The molecule has 0 spiro atoms. The summed E-state index contributed by atoms with van der Waals surface area (Å²) in [5, 5.41) is 0.293. The number of halogens is 2. The van der Waals surface area contributed by atoms with Crippen molar-refractivity contribution in [1.29, 1.82) is 0 Å². The van der Waals surface area contributed by atoms with Crippen LogP contribution in [0.25, 0.3) is 11.2 Å². The van der Waals surface area contributed by atoms with Crippen LogP contribution in [0.2, 0.25) is 5.15 Å². The molecule has 13 heavy (non-hydrogen) atoms. The van der Waals surface area contributed by atoms with Gasteiger partial charge in [0.1, 0.15) is 5.52 Å². The van der Waals surface area contributed by atoms with Crippen molar-refractivity contribution in [3.63, 3.8) is 0 Å². The van der Waals surface area contributed by atoms with Crippen LogP contribution < -0.4 is 5.73 Å². The summed E-state index contributed by atoms with van der Waals surface area (Å²) in [7, 11) is 1.85. The first-order chi connectivity index (χ1) is 6.09. The van der Waals surface area contributed by atoms with E-state index in [1.165, 1.54) is 0 Å². The Balaban J connectivity index is 2.94. The van der Waals surface area contributed by atoms with Crippen LogP contribution in [0.15, 0.2) is 0 Å². The van der Waals surface area contributed by atoms with Crippen molar-refractivity contribution in [1.82, 2.24) is 19.5 Å². The third kappa shape index (κ3) is 1.33. The minimum atomic E-state index is 0.164. The topological polar surface area (TPSA) is 69.6 Å². The normalized spacial score (nSPS) is 11.0. The van der Waals surface area contributed by atoms with Crippen LogP contribution in [0.5, 0.6) is 0 Å². The average molecular weight is 309 g/mol. The summed E-state index contributed by atoms with van der Waals surface area (Å²) >= 11 is 7.93. The van der Waals surface area contributed by atoms with Gasteiger partial charge in [-0.2, -0.15) is 9.97 Å². The molecular weight excluding hydrogens is 304 g/mol. The Morgan fingerprint density at radius 2 is 2.08 bits per heavy atom. The van der Waals surface area contributed by atoms with Crippen LogP contribution in [-0.4, -0.2) is 19.5 Å². The molecule has 2 N–H and O–H groups in total. The SMILES string of the molecule is Cn1c(I)nc2c(Cl)nc(N)nc21. The number of hydrogen-bond acceptors (Lipinski definition) is 4. The van der Waals surface area contributed by atoms with E-state index in [4.69, 9.17) is 17.3 Å². The maximum absolute atomic E-state index is 5.84. The molecule has 0 aliphatic carbocycles. The Morgan fingerprint density at radius 1 is 1.38 bits per heavy atom. The van der Waals surface area contributed by atoms with Crippen molar-refractivity contribution in [2.45, 2.75) is 0 Å². The second-order valence-corrected chi connectivity index (χ2v) is 3.81. The maximum atomic E-state index is 5.84. The van der Waals surface area contributed by atoms with Gasteiger partial charge in [0, 0.05) is 29.6 Å². The highest BCUT2D eigenvalue weighted by Gasteiger charge is 2.11. The zero-order chi connectivity index (χ0) is 9.59. The molecule has 0 aliphatic rings. The van der Waals surface area contributed by atoms with E-state index in [9.17, 15) is 0 Å². The summed E-state index contributed by atoms with van der Waals surface area (Å²) in [6.07, 6.45) is 0. The van der Waals surface area contributed by atoms with Crippen molar-refractivity contribution >= 4 is 51.3 Å². The number of nitrogens with zero attached hydrogens (tertiary/aromatic N) is 4. The fourth-order valence-corrected chi connectivity index (χ4v) is 1.70. The molecule has 0 atom stereocenters. The number of hydrogen-bond donors (Lipinski definition) is 1. The number of aromatic nitrogens is 4. The lowest BCUT2D eigenvalue weighted by Crippen LogP contribution is -1.98. The lowest BCUT2D eigenvalue weighted by molar-refractivity contribution is 0.894. The highest BCUT2D eigenvalue weighted by molar-refractivity contribution is 14.1. The zero-order valence-corrected chi connectivity index (χ0v) is 9.54. The predicted molar refractivity (Wildman–Crippen MR) is 58.4 cm³/mol.